The number of methoxy groups -OCH3 is 1. The number of amides is 2. The Kier molecular flexibility index (Phi) is 7.67. The summed E-state index contributed by atoms with van der Waals surface area (Å²) < 4.78 is 31.6. The number of benzene rings is 1. The van der Waals surface area contributed by atoms with Gasteiger partial charge in [0.2, 0.25) is 10.0 Å². The smallest absolute Gasteiger partial charge is 0.314 e. The Labute approximate surface area is 149 Å². The van der Waals surface area contributed by atoms with Crippen molar-refractivity contribution in [2.75, 3.05) is 39.9 Å². The second kappa shape index (κ2) is 9.74. The van der Waals surface area contributed by atoms with E-state index in [1.807, 2.05) is 6.07 Å². The summed E-state index contributed by atoms with van der Waals surface area (Å²) in [5.74, 6) is 0.432. The molecule has 0 bridgehead atoms. The summed E-state index contributed by atoms with van der Waals surface area (Å²) in [6.07, 6.45) is 2.50. The molecule has 0 radical (unpaired) electrons. The van der Waals surface area contributed by atoms with Crippen LogP contribution in [-0.2, 0) is 14.8 Å². The molecule has 1 heterocycles. The van der Waals surface area contributed by atoms with Crippen molar-refractivity contribution < 1.29 is 17.9 Å². The number of nitrogens with zero attached hydrogens (tertiary/aromatic N) is 1. The number of nitrogens with one attached hydrogen (secondary N) is 2. The van der Waals surface area contributed by atoms with E-state index in [0.717, 1.165) is 19.3 Å². The van der Waals surface area contributed by atoms with Gasteiger partial charge < -0.3 is 15.4 Å². The molecule has 1 aliphatic heterocycles. The highest BCUT2D eigenvalue weighted by Crippen LogP contribution is 2.25. The highest BCUT2D eigenvalue weighted by atomic mass is 32.2. The summed E-state index contributed by atoms with van der Waals surface area (Å²) in [5, 5.41) is 5.52. The minimum atomic E-state index is -3.39. The van der Waals surface area contributed by atoms with Gasteiger partial charge >= 0.3 is 6.03 Å². The van der Waals surface area contributed by atoms with Gasteiger partial charge in [-0.15, -0.1) is 0 Å². The molecular weight excluding hydrogens is 342 g/mol. The normalized spacial score (nSPS) is 16.5. The van der Waals surface area contributed by atoms with Crippen molar-refractivity contribution in [2.24, 2.45) is 5.92 Å². The minimum absolute atomic E-state index is 0.193. The number of hydrogen-bond donors (Lipinski definition) is 2. The molecule has 0 aliphatic carbocycles. The summed E-state index contributed by atoms with van der Waals surface area (Å²) >= 11 is 0. The van der Waals surface area contributed by atoms with Crippen molar-refractivity contribution >= 4 is 16.1 Å². The highest BCUT2D eigenvalue weighted by Gasteiger charge is 2.28. The monoisotopic (exact) mass is 369 g/mol. The highest BCUT2D eigenvalue weighted by molar-refractivity contribution is 7.89. The fraction of sp³-hybridized carbons (Fsp3) is 0.588. The van der Waals surface area contributed by atoms with E-state index in [2.05, 4.69) is 10.6 Å². The van der Waals surface area contributed by atoms with Gasteiger partial charge in [-0.3, -0.25) is 0 Å². The van der Waals surface area contributed by atoms with E-state index in [-0.39, 0.29) is 6.03 Å². The zero-order chi connectivity index (χ0) is 18.1. The van der Waals surface area contributed by atoms with E-state index >= 15 is 0 Å². The van der Waals surface area contributed by atoms with E-state index in [4.69, 9.17) is 4.74 Å². The molecule has 1 aliphatic rings. The Morgan fingerprint density at radius 3 is 2.44 bits per heavy atom. The zero-order valence-electron chi connectivity index (χ0n) is 14.6. The lowest BCUT2D eigenvalue weighted by Crippen LogP contribution is -2.40. The average molecular weight is 369 g/mol. The summed E-state index contributed by atoms with van der Waals surface area (Å²) in [6, 6.07) is 8.36. The van der Waals surface area contributed by atoms with Gasteiger partial charge in [-0.2, -0.15) is 4.31 Å². The van der Waals surface area contributed by atoms with Crippen molar-refractivity contribution in [3.63, 3.8) is 0 Å². The Morgan fingerprint density at radius 1 is 1.16 bits per heavy atom. The number of carbonyl (C=O) groups excluding carboxylic acids is 1. The summed E-state index contributed by atoms with van der Waals surface area (Å²) in [4.78, 5) is 11.9. The van der Waals surface area contributed by atoms with E-state index in [1.165, 1.54) is 0 Å². The Hall–Kier alpha value is -1.64. The minimum Gasteiger partial charge on any atom is -0.383 e. The molecule has 0 saturated carbocycles. The molecule has 140 valence electrons. The zero-order valence-corrected chi connectivity index (χ0v) is 15.4. The molecule has 0 atom stereocenters. The topological polar surface area (TPSA) is 87.7 Å². The molecule has 0 unspecified atom stereocenters. The molecule has 0 aromatic heterocycles. The van der Waals surface area contributed by atoms with E-state index in [0.29, 0.717) is 43.6 Å². The van der Waals surface area contributed by atoms with Crippen LogP contribution < -0.4 is 10.6 Å². The maximum Gasteiger partial charge on any atom is 0.314 e. The van der Waals surface area contributed by atoms with Gasteiger partial charge in [0.25, 0.3) is 0 Å². The number of hydrogen-bond acceptors (Lipinski definition) is 4. The largest absolute Gasteiger partial charge is 0.383 e. The van der Waals surface area contributed by atoms with E-state index < -0.39 is 10.0 Å². The van der Waals surface area contributed by atoms with Crippen LogP contribution in [0.15, 0.2) is 35.2 Å². The van der Waals surface area contributed by atoms with Crippen LogP contribution in [0.5, 0.6) is 0 Å². The Morgan fingerprint density at radius 2 is 1.80 bits per heavy atom. The first kappa shape index (κ1) is 19.7. The fourth-order valence-electron chi connectivity index (χ4n) is 2.90. The van der Waals surface area contributed by atoms with Gasteiger partial charge in [0, 0.05) is 33.3 Å². The number of rotatable bonds is 8. The van der Waals surface area contributed by atoms with Gasteiger partial charge in [-0.25, -0.2) is 13.2 Å². The molecule has 1 aromatic carbocycles. The molecule has 2 N–H and O–H groups in total. The van der Waals surface area contributed by atoms with Crippen molar-refractivity contribution in [2.45, 2.75) is 24.2 Å². The van der Waals surface area contributed by atoms with Gasteiger partial charge in [-0.05, 0) is 37.3 Å². The average Bonchev–Trinajstić information content (AvgIpc) is 2.63. The standard InChI is InChI=1S/C17H27N3O4S/c1-24-14-11-19-17(21)18-10-7-15-8-12-20(13-9-15)25(22,23)16-5-3-2-4-6-16/h2-6,15H,7-14H2,1H3,(H2,18,19,21). The number of urea groups is 1. The first-order valence-electron chi connectivity index (χ1n) is 8.60. The van der Waals surface area contributed by atoms with Crippen LogP contribution in [0.25, 0.3) is 0 Å². The molecule has 1 aromatic rings. The van der Waals surface area contributed by atoms with Crippen molar-refractivity contribution in [1.29, 1.82) is 0 Å². The van der Waals surface area contributed by atoms with Gasteiger partial charge in [0.05, 0.1) is 11.5 Å². The second-order valence-corrected chi connectivity index (χ2v) is 8.06. The predicted octanol–water partition coefficient (Wildman–Crippen LogP) is 1.42. The van der Waals surface area contributed by atoms with Crippen molar-refractivity contribution in [3.8, 4) is 0 Å². The predicted molar refractivity (Wildman–Crippen MR) is 95.8 cm³/mol. The molecule has 2 amide bonds. The molecule has 2 rings (SSSR count). The lowest BCUT2D eigenvalue weighted by atomic mass is 9.95. The lowest BCUT2D eigenvalue weighted by molar-refractivity contribution is 0.195. The summed E-state index contributed by atoms with van der Waals surface area (Å²) in [5.41, 5.74) is 0. The van der Waals surface area contributed by atoms with Gasteiger partial charge in [0.1, 0.15) is 0 Å². The van der Waals surface area contributed by atoms with Crippen LogP contribution in [0.4, 0.5) is 4.79 Å². The van der Waals surface area contributed by atoms with E-state index in [9.17, 15) is 13.2 Å². The van der Waals surface area contributed by atoms with Crippen LogP contribution in [-0.4, -0.2) is 58.6 Å². The molecule has 1 saturated heterocycles. The Balaban J connectivity index is 1.70. The number of piperidine rings is 1. The molecule has 8 heteroatoms. The lowest BCUT2D eigenvalue weighted by Gasteiger charge is -2.31. The summed E-state index contributed by atoms with van der Waals surface area (Å²) in [6.45, 7) is 2.62. The maximum atomic E-state index is 12.6. The van der Waals surface area contributed by atoms with Crippen molar-refractivity contribution in [1.82, 2.24) is 14.9 Å². The molecule has 7 nitrogen and oxygen atoms in total. The van der Waals surface area contributed by atoms with Crippen LogP contribution in [0.2, 0.25) is 0 Å². The first-order valence-corrected chi connectivity index (χ1v) is 10.0. The first-order chi connectivity index (χ1) is 12.0. The number of sulfonamides is 1. The third-order valence-electron chi connectivity index (χ3n) is 4.38. The maximum absolute atomic E-state index is 12.6. The van der Waals surface area contributed by atoms with Crippen LogP contribution in [0.1, 0.15) is 19.3 Å². The third kappa shape index (κ3) is 5.98. The molecule has 0 spiro atoms. The van der Waals surface area contributed by atoms with E-state index in [1.54, 1.807) is 35.7 Å². The fourth-order valence-corrected chi connectivity index (χ4v) is 4.39. The molecule has 25 heavy (non-hydrogen) atoms. The third-order valence-corrected chi connectivity index (χ3v) is 6.30. The number of ether oxygens (including phenoxy) is 1. The van der Waals surface area contributed by atoms with Crippen LogP contribution in [0, 0.1) is 5.92 Å². The molecule has 1 fully saturated rings. The SMILES string of the molecule is COCCNC(=O)NCCC1CCN(S(=O)(=O)c2ccccc2)CC1. The number of carbonyl (C=O) groups is 1. The van der Waals surface area contributed by atoms with Gasteiger partial charge in [0.15, 0.2) is 0 Å². The molecular formula is C17H27N3O4S. The van der Waals surface area contributed by atoms with Crippen LogP contribution >= 0.6 is 0 Å². The quantitative estimate of drug-likeness (QED) is 0.679. The van der Waals surface area contributed by atoms with Crippen molar-refractivity contribution in [3.05, 3.63) is 30.3 Å². The second-order valence-electron chi connectivity index (χ2n) is 6.12. The summed E-state index contributed by atoms with van der Waals surface area (Å²) in [7, 11) is -1.80. The van der Waals surface area contributed by atoms with Crippen LogP contribution in [0.3, 0.4) is 0 Å². The van der Waals surface area contributed by atoms with Gasteiger partial charge in [-0.1, -0.05) is 18.2 Å². The Bertz CT molecular complexity index is 629.